The largest absolute Gasteiger partial charge is 0.489 e. The smallest absolute Gasteiger partial charge is 0.239 e. The standard InChI is InChI=1S/C17H25F2NO/c1-17(2,3)13-4-6-14(7-5-13)21-15-8-10-20(12-15)11-9-16(18)19/h4-7,15-16H,8-12H2,1-3H3/t15-/m0/s1. The van der Waals surface area contributed by atoms with Gasteiger partial charge in [0.15, 0.2) is 0 Å². The molecule has 0 aromatic heterocycles. The van der Waals surface area contributed by atoms with Crippen molar-refractivity contribution in [3.8, 4) is 5.75 Å². The molecule has 1 saturated heterocycles. The van der Waals surface area contributed by atoms with E-state index >= 15 is 0 Å². The lowest BCUT2D eigenvalue weighted by molar-refractivity contribution is 0.117. The molecule has 1 aliphatic heterocycles. The zero-order valence-corrected chi connectivity index (χ0v) is 13.1. The van der Waals surface area contributed by atoms with Crippen LogP contribution in [0.3, 0.4) is 0 Å². The number of hydrogen-bond donors (Lipinski definition) is 0. The average Bonchev–Trinajstić information content (AvgIpc) is 2.83. The number of benzene rings is 1. The highest BCUT2D eigenvalue weighted by molar-refractivity contribution is 5.31. The van der Waals surface area contributed by atoms with Gasteiger partial charge in [-0.2, -0.15) is 0 Å². The molecule has 118 valence electrons. The maximum atomic E-state index is 12.2. The molecule has 2 nitrogen and oxygen atoms in total. The molecule has 1 aliphatic rings. The molecule has 0 aliphatic carbocycles. The Morgan fingerprint density at radius 3 is 2.48 bits per heavy atom. The molecule has 2 rings (SSSR count). The molecule has 4 heteroatoms. The first-order valence-electron chi connectivity index (χ1n) is 7.62. The minimum Gasteiger partial charge on any atom is -0.489 e. The summed E-state index contributed by atoms with van der Waals surface area (Å²) in [6.45, 7) is 8.59. The van der Waals surface area contributed by atoms with E-state index < -0.39 is 6.43 Å². The number of rotatable bonds is 5. The molecule has 0 bridgehead atoms. The van der Waals surface area contributed by atoms with E-state index in [1.165, 1.54) is 5.56 Å². The van der Waals surface area contributed by atoms with Gasteiger partial charge < -0.3 is 4.74 Å². The van der Waals surface area contributed by atoms with Crippen LogP contribution in [0.15, 0.2) is 24.3 Å². The zero-order valence-electron chi connectivity index (χ0n) is 13.1. The molecule has 1 heterocycles. The van der Waals surface area contributed by atoms with Gasteiger partial charge in [0.1, 0.15) is 11.9 Å². The van der Waals surface area contributed by atoms with Gasteiger partial charge in [-0.15, -0.1) is 0 Å². The van der Waals surface area contributed by atoms with E-state index in [0.717, 1.165) is 25.3 Å². The molecule has 0 amide bonds. The topological polar surface area (TPSA) is 12.5 Å². The molecule has 1 fully saturated rings. The summed E-state index contributed by atoms with van der Waals surface area (Å²) in [5.74, 6) is 0.865. The van der Waals surface area contributed by atoms with Gasteiger partial charge in [-0.25, -0.2) is 8.78 Å². The van der Waals surface area contributed by atoms with Crippen LogP contribution in [0, 0.1) is 0 Å². The second-order valence-electron chi connectivity index (χ2n) is 6.78. The first-order chi connectivity index (χ1) is 9.84. The molecular formula is C17H25F2NO. The van der Waals surface area contributed by atoms with Crippen LogP contribution in [0.5, 0.6) is 5.75 Å². The van der Waals surface area contributed by atoms with Crippen LogP contribution in [-0.2, 0) is 5.41 Å². The Hall–Kier alpha value is -1.16. The highest BCUT2D eigenvalue weighted by atomic mass is 19.3. The van der Waals surface area contributed by atoms with Crippen LogP contribution in [0.2, 0.25) is 0 Å². The van der Waals surface area contributed by atoms with Crippen molar-refractivity contribution in [1.29, 1.82) is 0 Å². The van der Waals surface area contributed by atoms with E-state index in [-0.39, 0.29) is 17.9 Å². The lowest BCUT2D eigenvalue weighted by Gasteiger charge is -2.20. The van der Waals surface area contributed by atoms with Gasteiger partial charge in [-0.05, 0) is 29.5 Å². The van der Waals surface area contributed by atoms with Gasteiger partial charge in [0, 0.05) is 26.1 Å². The number of alkyl halides is 2. The summed E-state index contributed by atoms with van der Waals surface area (Å²) in [6.07, 6.45) is -1.24. The Morgan fingerprint density at radius 2 is 1.90 bits per heavy atom. The molecule has 0 N–H and O–H groups in total. The number of hydrogen-bond acceptors (Lipinski definition) is 2. The number of nitrogens with zero attached hydrogens (tertiary/aromatic N) is 1. The Bertz CT molecular complexity index is 439. The first kappa shape index (κ1) is 16.2. The summed E-state index contributed by atoms with van der Waals surface area (Å²) < 4.78 is 30.4. The molecule has 0 spiro atoms. The summed E-state index contributed by atoms with van der Waals surface area (Å²) in [5, 5.41) is 0. The van der Waals surface area contributed by atoms with Crippen molar-refractivity contribution < 1.29 is 13.5 Å². The summed E-state index contributed by atoms with van der Waals surface area (Å²) >= 11 is 0. The van der Waals surface area contributed by atoms with E-state index in [4.69, 9.17) is 4.74 Å². The van der Waals surface area contributed by atoms with Crippen LogP contribution < -0.4 is 4.74 Å². The normalized spacial score (nSPS) is 20.2. The Balaban J connectivity index is 1.83. The van der Waals surface area contributed by atoms with E-state index in [1.54, 1.807) is 0 Å². The van der Waals surface area contributed by atoms with Crippen molar-refractivity contribution in [2.24, 2.45) is 0 Å². The molecule has 1 aromatic rings. The molecule has 21 heavy (non-hydrogen) atoms. The highest BCUT2D eigenvalue weighted by Crippen LogP contribution is 2.25. The quantitative estimate of drug-likeness (QED) is 0.811. The van der Waals surface area contributed by atoms with Gasteiger partial charge in [-0.1, -0.05) is 32.9 Å². The summed E-state index contributed by atoms with van der Waals surface area (Å²) in [7, 11) is 0. The number of ether oxygens (including phenoxy) is 1. The third kappa shape index (κ3) is 4.95. The van der Waals surface area contributed by atoms with Gasteiger partial charge in [0.25, 0.3) is 0 Å². The second kappa shape index (κ2) is 6.73. The predicted octanol–water partition coefficient (Wildman–Crippen LogP) is 4.09. The van der Waals surface area contributed by atoms with E-state index in [0.29, 0.717) is 6.54 Å². The van der Waals surface area contributed by atoms with Crippen molar-refractivity contribution in [1.82, 2.24) is 4.90 Å². The maximum absolute atomic E-state index is 12.2. The summed E-state index contributed by atoms with van der Waals surface area (Å²) in [6, 6.07) is 8.20. The minimum atomic E-state index is -2.21. The van der Waals surface area contributed by atoms with Crippen molar-refractivity contribution in [3.05, 3.63) is 29.8 Å². The van der Waals surface area contributed by atoms with Crippen molar-refractivity contribution in [2.75, 3.05) is 19.6 Å². The zero-order chi connectivity index (χ0) is 15.5. The third-order valence-electron chi connectivity index (χ3n) is 3.92. The van der Waals surface area contributed by atoms with E-state index in [2.05, 4.69) is 37.8 Å². The van der Waals surface area contributed by atoms with Crippen LogP contribution in [0.25, 0.3) is 0 Å². The maximum Gasteiger partial charge on any atom is 0.239 e. The van der Waals surface area contributed by atoms with Crippen molar-refractivity contribution >= 4 is 0 Å². The van der Waals surface area contributed by atoms with Crippen LogP contribution in [-0.4, -0.2) is 37.1 Å². The average molecular weight is 297 g/mol. The van der Waals surface area contributed by atoms with Crippen LogP contribution in [0.1, 0.15) is 39.2 Å². The lowest BCUT2D eigenvalue weighted by atomic mass is 9.87. The molecule has 1 aromatic carbocycles. The Morgan fingerprint density at radius 1 is 1.24 bits per heavy atom. The van der Waals surface area contributed by atoms with Crippen molar-refractivity contribution in [2.45, 2.75) is 51.6 Å². The SMILES string of the molecule is CC(C)(C)c1ccc(O[C@H]2CCN(CCC(F)F)C2)cc1. The molecule has 1 atom stereocenters. The minimum absolute atomic E-state index is 0.0486. The fourth-order valence-corrected chi connectivity index (χ4v) is 2.60. The Labute approximate surface area is 126 Å². The number of halogens is 2. The lowest BCUT2D eigenvalue weighted by Crippen LogP contribution is -2.26. The monoisotopic (exact) mass is 297 g/mol. The van der Waals surface area contributed by atoms with Crippen LogP contribution >= 0.6 is 0 Å². The summed E-state index contributed by atoms with van der Waals surface area (Å²) in [4.78, 5) is 2.06. The Kier molecular flexibility index (Phi) is 5.20. The third-order valence-corrected chi connectivity index (χ3v) is 3.92. The highest BCUT2D eigenvalue weighted by Gasteiger charge is 2.24. The molecular weight excluding hydrogens is 272 g/mol. The van der Waals surface area contributed by atoms with Crippen molar-refractivity contribution in [3.63, 3.8) is 0 Å². The van der Waals surface area contributed by atoms with E-state index in [9.17, 15) is 8.78 Å². The molecule has 0 unspecified atom stereocenters. The fraction of sp³-hybridized carbons (Fsp3) is 0.647. The fourth-order valence-electron chi connectivity index (χ4n) is 2.60. The first-order valence-corrected chi connectivity index (χ1v) is 7.62. The van der Waals surface area contributed by atoms with Gasteiger partial charge in [0.05, 0.1) is 0 Å². The van der Waals surface area contributed by atoms with Crippen LogP contribution in [0.4, 0.5) is 8.78 Å². The molecule has 0 saturated carbocycles. The van der Waals surface area contributed by atoms with Gasteiger partial charge >= 0.3 is 0 Å². The molecule has 0 radical (unpaired) electrons. The predicted molar refractivity (Wildman–Crippen MR) is 81.2 cm³/mol. The summed E-state index contributed by atoms with van der Waals surface area (Å²) in [5.41, 5.74) is 1.41. The number of likely N-dealkylation sites (tertiary alicyclic amines) is 1. The second-order valence-corrected chi connectivity index (χ2v) is 6.78. The van der Waals surface area contributed by atoms with E-state index in [1.807, 2.05) is 12.1 Å². The van der Waals surface area contributed by atoms with Gasteiger partial charge in [-0.3, -0.25) is 4.90 Å². The van der Waals surface area contributed by atoms with Gasteiger partial charge in [0.2, 0.25) is 6.43 Å².